The van der Waals surface area contributed by atoms with Gasteiger partial charge in [-0.05, 0) is 61.0 Å². The zero-order valence-corrected chi connectivity index (χ0v) is 18.0. The normalized spacial score (nSPS) is 11.5. The Balaban J connectivity index is 1.66. The first-order valence-corrected chi connectivity index (χ1v) is 10.7. The fraction of sp³-hybridized carbons (Fsp3) is 0.167. The number of halogens is 1. The van der Waals surface area contributed by atoms with E-state index in [2.05, 4.69) is 10.6 Å². The number of carbonyl (C=O) groups excluding carboxylic acids is 2. The van der Waals surface area contributed by atoms with Crippen LogP contribution in [-0.2, 0) is 4.79 Å². The molecule has 160 valence electrons. The molecule has 0 radical (unpaired) electrons. The van der Waals surface area contributed by atoms with Gasteiger partial charge < -0.3 is 15.4 Å². The standard InChI is InChI=1S/C24H23FN2O3S/c1-3-22(24(29)27-21-10-5-4-9-20(21)25)31-19-8-6-7-17(15-19)26-23(28)16-11-13-18(30-2)14-12-16/h4-15,22H,3H2,1-2H3,(H,26,28)(H,27,29). The van der Waals surface area contributed by atoms with E-state index in [9.17, 15) is 14.0 Å². The van der Waals surface area contributed by atoms with Gasteiger partial charge in [-0.25, -0.2) is 4.39 Å². The van der Waals surface area contributed by atoms with Gasteiger partial charge >= 0.3 is 0 Å². The molecule has 0 spiro atoms. The molecule has 31 heavy (non-hydrogen) atoms. The maximum absolute atomic E-state index is 13.8. The van der Waals surface area contributed by atoms with Crippen LogP contribution < -0.4 is 15.4 Å². The molecule has 3 aromatic carbocycles. The molecule has 0 aliphatic rings. The molecule has 0 saturated carbocycles. The summed E-state index contributed by atoms with van der Waals surface area (Å²) in [5, 5.41) is 5.09. The zero-order valence-electron chi connectivity index (χ0n) is 17.2. The summed E-state index contributed by atoms with van der Waals surface area (Å²) in [5.74, 6) is -0.312. The zero-order chi connectivity index (χ0) is 22.2. The number of methoxy groups -OCH3 is 1. The van der Waals surface area contributed by atoms with Crippen LogP contribution >= 0.6 is 11.8 Å². The molecule has 3 rings (SSSR count). The van der Waals surface area contributed by atoms with Crippen LogP contribution in [-0.4, -0.2) is 24.2 Å². The Labute approximate surface area is 185 Å². The molecule has 0 fully saturated rings. The third-order valence-electron chi connectivity index (χ3n) is 4.52. The maximum Gasteiger partial charge on any atom is 0.255 e. The lowest BCUT2D eigenvalue weighted by molar-refractivity contribution is -0.115. The number of carbonyl (C=O) groups is 2. The smallest absolute Gasteiger partial charge is 0.255 e. The molecule has 3 aromatic rings. The molecule has 0 heterocycles. The van der Waals surface area contributed by atoms with E-state index >= 15 is 0 Å². The molecule has 0 aromatic heterocycles. The molecule has 0 aliphatic carbocycles. The summed E-state index contributed by atoms with van der Waals surface area (Å²) in [6.45, 7) is 1.90. The van der Waals surface area contributed by atoms with E-state index in [1.165, 1.54) is 23.9 Å². The van der Waals surface area contributed by atoms with Gasteiger partial charge in [-0.3, -0.25) is 9.59 Å². The maximum atomic E-state index is 13.8. The van der Waals surface area contributed by atoms with Gasteiger partial charge in [0.25, 0.3) is 5.91 Å². The van der Waals surface area contributed by atoms with Crippen molar-refractivity contribution in [3.05, 3.63) is 84.2 Å². The average Bonchev–Trinajstić information content (AvgIpc) is 2.79. The largest absolute Gasteiger partial charge is 0.497 e. The molecule has 1 atom stereocenters. The summed E-state index contributed by atoms with van der Waals surface area (Å²) in [5.41, 5.74) is 1.29. The quantitative estimate of drug-likeness (QED) is 0.450. The summed E-state index contributed by atoms with van der Waals surface area (Å²) in [4.78, 5) is 25.9. The van der Waals surface area contributed by atoms with Crippen molar-refractivity contribution in [2.45, 2.75) is 23.5 Å². The van der Waals surface area contributed by atoms with Crippen molar-refractivity contribution in [2.24, 2.45) is 0 Å². The Morgan fingerprint density at radius 1 is 1.00 bits per heavy atom. The number of ether oxygens (including phenoxy) is 1. The van der Waals surface area contributed by atoms with E-state index in [-0.39, 0.29) is 17.5 Å². The molecule has 2 N–H and O–H groups in total. The third kappa shape index (κ3) is 6.08. The highest BCUT2D eigenvalue weighted by Crippen LogP contribution is 2.29. The van der Waals surface area contributed by atoms with E-state index in [1.807, 2.05) is 25.1 Å². The van der Waals surface area contributed by atoms with E-state index in [1.54, 1.807) is 49.6 Å². The number of amides is 2. The molecule has 7 heteroatoms. The van der Waals surface area contributed by atoms with Crippen LogP contribution in [0.1, 0.15) is 23.7 Å². The van der Waals surface area contributed by atoms with Crippen LogP contribution in [0.3, 0.4) is 0 Å². The molecule has 0 saturated heterocycles. The highest BCUT2D eigenvalue weighted by atomic mass is 32.2. The summed E-state index contributed by atoms with van der Waals surface area (Å²) < 4.78 is 18.9. The van der Waals surface area contributed by atoms with Crippen LogP contribution in [0.5, 0.6) is 5.75 Å². The van der Waals surface area contributed by atoms with Gasteiger partial charge in [-0.2, -0.15) is 0 Å². The first-order valence-electron chi connectivity index (χ1n) is 9.77. The minimum atomic E-state index is -0.473. The fourth-order valence-electron chi connectivity index (χ4n) is 2.86. The number of anilines is 2. The minimum absolute atomic E-state index is 0.159. The lowest BCUT2D eigenvalue weighted by Gasteiger charge is -2.16. The van der Waals surface area contributed by atoms with Crippen LogP contribution in [0.2, 0.25) is 0 Å². The average molecular weight is 439 g/mol. The number of hydrogen-bond donors (Lipinski definition) is 2. The molecule has 0 bridgehead atoms. The van der Waals surface area contributed by atoms with Crippen LogP contribution in [0.4, 0.5) is 15.8 Å². The Morgan fingerprint density at radius 2 is 1.74 bits per heavy atom. The Kier molecular flexibility index (Phi) is 7.67. The van der Waals surface area contributed by atoms with Crippen molar-refractivity contribution in [3.8, 4) is 5.75 Å². The molecule has 1 unspecified atom stereocenters. The molecule has 5 nitrogen and oxygen atoms in total. The van der Waals surface area contributed by atoms with E-state index < -0.39 is 11.1 Å². The first kappa shape index (κ1) is 22.4. The minimum Gasteiger partial charge on any atom is -0.497 e. The second-order valence-electron chi connectivity index (χ2n) is 6.69. The highest BCUT2D eigenvalue weighted by molar-refractivity contribution is 8.00. The lowest BCUT2D eigenvalue weighted by atomic mass is 10.2. The van der Waals surface area contributed by atoms with Crippen LogP contribution in [0.25, 0.3) is 0 Å². The number of benzene rings is 3. The van der Waals surface area contributed by atoms with Crippen molar-refractivity contribution in [1.82, 2.24) is 0 Å². The number of thioether (sulfide) groups is 1. The Hall–Kier alpha value is -3.32. The van der Waals surface area contributed by atoms with Crippen molar-refractivity contribution in [2.75, 3.05) is 17.7 Å². The van der Waals surface area contributed by atoms with Gasteiger partial charge in [0.1, 0.15) is 11.6 Å². The van der Waals surface area contributed by atoms with Gasteiger partial charge in [0, 0.05) is 16.1 Å². The molecular formula is C24H23FN2O3S. The van der Waals surface area contributed by atoms with Crippen molar-refractivity contribution >= 4 is 35.0 Å². The summed E-state index contributed by atoms with van der Waals surface area (Å²) in [6, 6.07) is 20.2. The first-order chi connectivity index (χ1) is 15.0. The van der Waals surface area contributed by atoms with Crippen molar-refractivity contribution in [1.29, 1.82) is 0 Å². The number of hydrogen-bond acceptors (Lipinski definition) is 4. The Morgan fingerprint density at radius 3 is 2.42 bits per heavy atom. The monoisotopic (exact) mass is 438 g/mol. The van der Waals surface area contributed by atoms with Gasteiger partial charge in [-0.15, -0.1) is 11.8 Å². The topological polar surface area (TPSA) is 67.4 Å². The SMILES string of the molecule is CCC(Sc1cccc(NC(=O)c2ccc(OC)cc2)c1)C(=O)Nc1ccccc1F. The number of rotatable bonds is 8. The number of nitrogens with one attached hydrogen (secondary N) is 2. The number of para-hydroxylation sites is 1. The van der Waals surface area contributed by atoms with E-state index in [4.69, 9.17) is 4.74 Å². The van der Waals surface area contributed by atoms with Crippen molar-refractivity contribution in [3.63, 3.8) is 0 Å². The summed E-state index contributed by atoms with van der Waals surface area (Å²) in [6.07, 6.45) is 0.563. The molecule has 2 amide bonds. The second-order valence-corrected chi connectivity index (χ2v) is 7.97. The summed E-state index contributed by atoms with van der Waals surface area (Å²) >= 11 is 1.36. The van der Waals surface area contributed by atoms with Gasteiger partial charge in [-0.1, -0.05) is 25.1 Å². The van der Waals surface area contributed by atoms with Crippen LogP contribution in [0.15, 0.2) is 77.7 Å². The van der Waals surface area contributed by atoms with E-state index in [0.717, 1.165) is 4.90 Å². The van der Waals surface area contributed by atoms with Gasteiger partial charge in [0.2, 0.25) is 5.91 Å². The van der Waals surface area contributed by atoms with Gasteiger partial charge in [0.05, 0.1) is 18.0 Å². The fourth-order valence-corrected chi connectivity index (χ4v) is 3.87. The Bertz CT molecular complexity index is 1060. The third-order valence-corrected chi connectivity index (χ3v) is 5.88. The van der Waals surface area contributed by atoms with Crippen LogP contribution in [0, 0.1) is 5.82 Å². The predicted molar refractivity (Wildman–Crippen MR) is 122 cm³/mol. The molecular weight excluding hydrogens is 415 g/mol. The highest BCUT2D eigenvalue weighted by Gasteiger charge is 2.19. The lowest BCUT2D eigenvalue weighted by Crippen LogP contribution is -2.25. The second kappa shape index (κ2) is 10.6. The predicted octanol–water partition coefficient (Wildman–Crippen LogP) is 5.60. The summed E-state index contributed by atoms with van der Waals surface area (Å²) in [7, 11) is 1.57. The van der Waals surface area contributed by atoms with Crippen molar-refractivity contribution < 1.29 is 18.7 Å². The van der Waals surface area contributed by atoms with E-state index in [0.29, 0.717) is 23.4 Å². The van der Waals surface area contributed by atoms with Gasteiger partial charge in [0.15, 0.2) is 0 Å². The molecule has 0 aliphatic heterocycles.